The highest BCUT2D eigenvalue weighted by Gasteiger charge is 2.20. The fraction of sp³-hybridized carbons (Fsp3) is 0.391. The lowest BCUT2D eigenvalue weighted by atomic mass is 10.00. The van der Waals surface area contributed by atoms with E-state index in [4.69, 9.17) is 9.47 Å². The molecule has 0 aliphatic carbocycles. The van der Waals surface area contributed by atoms with Gasteiger partial charge in [0.25, 0.3) is 0 Å². The molecule has 2 aliphatic rings. The van der Waals surface area contributed by atoms with E-state index in [1.54, 1.807) is 0 Å². The summed E-state index contributed by atoms with van der Waals surface area (Å²) in [6.07, 6.45) is 1.76. The van der Waals surface area contributed by atoms with Gasteiger partial charge in [-0.05, 0) is 36.6 Å². The number of anilines is 1. The minimum Gasteiger partial charge on any atom is -0.490 e. The molecule has 1 amide bonds. The normalized spacial score (nSPS) is 15.3. The van der Waals surface area contributed by atoms with E-state index in [9.17, 15) is 4.79 Å². The number of benzene rings is 2. The minimum absolute atomic E-state index is 0. The topological polar surface area (TPSA) is 75.2 Å². The van der Waals surface area contributed by atoms with Crippen LogP contribution in [0.3, 0.4) is 0 Å². The molecule has 166 valence electrons. The molecule has 7 nitrogen and oxygen atoms in total. The summed E-state index contributed by atoms with van der Waals surface area (Å²) in [6, 6.07) is 14.0. The lowest BCUT2D eigenvalue weighted by Gasteiger charge is -2.28. The summed E-state index contributed by atoms with van der Waals surface area (Å²) in [4.78, 5) is 19.1. The van der Waals surface area contributed by atoms with Crippen LogP contribution >= 0.6 is 24.0 Å². The Morgan fingerprint density at radius 3 is 2.68 bits per heavy atom. The van der Waals surface area contributed by atoms with Crippen LogP contribution in [-0.2, 0) is 17.8 Å². The van der Waals surface area contributed by atoms with Gasteiger partial charge in [-0.3, -0.25) is 4.79 Å². The number of hydrogen-bond acceptors (Lipinski definition) is 4. The van der Waals surface area contributed by atoms with Crippen molar-refractivity contribution in [1.29, 1.82) is 0 Å². The lowest BCUT2D eigenvalue weighted by molar-refractivity contribution is -0.130. The van der Waals surface area contributed by atoms with Crippen molar-refractivity contribution in [1.82, 2.24) is 10.2 Å². The predicted molar refractivity (Wildman–Crippen MR) is 133 cm³/mol. The highest BCUT2D eigenvalue weighted by molar-refractivity contribution is 14.0. The Morgan fingerprint density at radius 2 is 1.87 bits per heavy atom. The van der Waals surface area contributed by atoms with Crippen LogP contribution in [0.5, 0.6) is 11.5 Å². The molecule has 0 bridgehead atoms. The number of fused-ring (bicyclic) bond motifs is 2. The number of guanidine groups is 1. The first-order valence-electron chi connectivity index (χ1n) is 10.5. The Balaban J connectivity index is 0.00000272. The number of ether oxygens (including phenoxy) is 2. The van der Waals surface area contributed by atoms with Gasteiger partial charge in [-0.2, -0.15) is 0 Å². The van der Waals surface area contributed by atoms with E-state index in [-0.39, 0.29) is 36.4 Å². The second-order valence-corrected chi connectivity index (χ2v) is 7.37. The smallest absolute Gasteiger partial charge is 0.244 e. The van der Waals surface area contributed by atoms with E-state index >= 15 is 0 Å². The van der Waals surface area contributed by atoms with Crippen LogP contribution in [0.4, 0.5) is 5.69 Å². The van der Waals surface area contributed by atoms with Gasteiger partial charge in [-0.1, -0.05) is 24.3 Å². The molecule has 2 N–H and O–H groups in total. The SMILES string of the molecule is CCNC(=NCC(=O)N1CCc2ccccc2C1)Nc1ccc2c(c1)OCCCO2.I. The van der Waals surface area contributed by atoms with Crippen LogP contribution in [0.2, 0.25) is 0 Å². The van der Waals surface area contributed by atoms with Crippen LogP contribution in [0.1, 0.15) is 24.5 Å². The standard InChI is InChI=1S/C23H28N4O3.HI/c1-2-24-23(26-19-8-9-20-21(14-19)30-13-5-12-29-20)25-15-22(28)27-11-10-17-6-3-4-7-18(17)16-27;/h3-4,6-9,14H,2,5,10-13,15-16H2,1H3,(H2,24,25,26);1H. The molecule has 0 atom stereocenters. The van der Waals surface area contributed by atoms with Crippen molar-refractivity contribution in [2.75, 3.05) is 38.2 Å². The fourth-order valence-electron chi connectivity index (χ4n) is 3.64. The Morgan fingerprint density at radius 1 is 1.10 bits per heavy atom. The zero-order valence-corrected chi connectivity index (χ0v) is 20.1. The van der Waals surface area contributed by atoms with Crippen molar-refractivity contribution in [3.8, 4) is 11.5 Å². The van der Waals surface area contributed by atoms with Gasteiger partial charge in [-0.25, -0.2) is 4.99 Å². The largest absolute Gasteiger partial charge is 0.490 e. The molecule has 4 rings (SSSR count). The molecule has 0 fully saturated rings. The maximum Gasteiger partial charge on any atom is 0.244 e. The molecular weight excluding hydrogens is 507 g/mol. The van der Waals surface area contributed by atoms with Crippen molar-refractivity contribution in [2.24, 2.45) is 4.99 Å². The number of hydrogen-bond donors (Lipinski definition) is 2. The van der Waals surface area contributed by atoms with Gasteiger partial charge < -0.3 is 25.0 Å². The van der Waals surface area contributed by atoms with Gasteiger partial charge in [0.1, 0.15) is 6.54 Å². The Kier molecular flexibility index (Phi) is 8.39. The number of carbonyl (C=O) groups excluding carboxylic acids is 1. The molecular formula is C23H29IN4O3. The van der Waals surface area contributed by atoms with Crippen molar-refractivity contribution >= 4 is 41.5 Å². The Bertz CT molecular complexity index is 935. The maximum absolute atomic E-state index is 12.7. The summed E-state index contributed by atoms with van der Waals surface area (Å²) < 4.78 is 11.4. The molecule has 2 aromatic carbocycles. The first kappa shape index (κ1) is 23.2. The number of aliphatic imine (C=N–C) groups is 1. The van der Waals surface area contributed by atoms with E-state index in [0.717, 1.165) is 36.6 Å². The molecule has 0 aromatic heterocycles. The van der Waals surface area contributed by atoms with Crippen LogP contribution in [0.15, 0.2) is 47.5 Å². The molecule has 0 spiro atoms. The van der Waals surface area contributed by atoms with Crippen LogP contribution < -0.4 is 20.1 Å². The summed E-state index contributed by atoms with van der Waals surface area (Å²) in [7, 11) is 0. The maximum atomic E-state index is 12.7. The number of nitrogens with one attached hydrogen (secondary N) is 2. The highest BCUT2D eigenvalue weighted by Crippen LogP contribution is 2.32. The number of rotatable bonds is 4. The summed E-state index contributed by atoms with van der Waals surface area (Å²) >= 11 is 0. The Labute approximate surface area is 200 Å². The quantitative estimate of drug-likeness (QED) is 0.356. The molecule has 8 heteroatoms. The summed E-state index contributed by atoms with van der Waals surface area (Å²) in [5.41, 5.74) is 3.38. The van der Waals surface area contributed by atoms with Crippen molar-refractivity contribution < 1.29 is 14.3 Å². The summed E-state index contributed by atoms with van der Waals surface area (Å²) in [5, 5.41) is 6.45. The van der Waals surface area contributed by atoms with E-state index in [0.29, 0.717) is 32.3 Å². The van der Waals surface area contributed by atoms with Crippen molar-refractivity contribution in [3.05, 3.63) is 53.6 Å². The van der Waals surface area contributed by atoms with Crippen LogP contribution in [0, 0.1) is 0 Å². The average Bonchev–Trinajstić information content (AvgIpc) is 3.02. The molecule has 0 unspecified atom stereocenters. The fourth-order valence-corrected chi connectivity index (χ4v) is 3.64. The first-order chi connectivity index (χ1) is 14.7. The van der Waals surface area contributed by atoms with Gasteiger partial charge in [-0.15, -0.1) is 24.0 Å². The van der Waals surface area contributed by atoms with E-state index in [2.05, 4.69) is 33.8 Å². The third-order valence-corrected chi connectivity index (χ3v) is 5.21. The van der Waals surface area contributed by atoms with Gasteiger partial charge in [0.15, 0.2) is 17.5 Å². The molecule has 0 saturated carbocycles. The van der Waals surface area contributed by atoms with E-state index in [1.165, 1.54) is 11.1 Å². The van der Waals surface area contributed by atoms with Gasteiger partial charge in [0.05, 0.1) is 13.2 Å². The van der Waals surface area contributed by atoms with Gasteiger partial charge in [0, 0.05) is 37.8 Å². The van der Waals surface area contributed by atoms with Crippen molar-refractivity contribution in [2.45, 2.75) is 26.3 Å². The third kappa shape index (κ3) is 6.03. The molecule has 2 heterocycles. The zero-order chi connectivity index (χ0) is 20.8. The zero-order valence-electron chi connectivity index (χ0n) is 17.7. The third-order valence-electron chi connectivity index (χ3n) is 5.21. The molecule has 31 heavy (non-hydrogen) atoms. The molecule has 0 saturated heterocycles. The molecule has 2 aromatic rings. The van der Waals surface area contributed by atoms with Gasteiger partial charge in [0.2, 0.25) is 5.91 Å². The number of carbonyl (C=O) groups is 1. The number of nitrogens with zero attached hydrogens (tertiary/aromatic N) is 2. The number of halogens is 1. The summed E-state index contributed by atoms with van der Waals surface area (Å²) in [5.74, 6) is 2.06. The second-order valence-electron chi connectivity index (χ2n) is 7.37. The van der Waals surface area contributed by atoms with E-state index in [1.807, 2.05) is 36.1 Å². The minimum atomic E-state index is 0. The van der Waals surface area contributed by atoms with E-state index < -0.39 is 0 Å². The van der Waals surface area contributed by atoms with Crippen molar-refractivity contribution in [3.63, 3.8) is 0 Å². The van der Waals surface area contributed by atoms with Crippen LogP contribution in [0.25, 0.3) is 0 Å². The second kappa shape index (κ2) is 11.2. The first-order valence-corrected chi connectivity index (χ1v) is 10.5. The molecule has 2 aliphatic heterocycles. The lowest BCUT2D eigenvalue weighted by Crippen LogP contribution is -2.38. The number of amides is 1. The summed E-state index contributed by atoms with van der Waals surface area (Å²) in [6.45, 7) is 5.47. The monoisotopic (exact) mass is 536 g/mol. The predicted octanol–water partition coefficient (Wildman–Crippen LogP) is 3.43. The average molecular weight is 536 g/mol. The molecule has 0 radical (unpaired) electrons. The van der Waals surface area contributed by atoms with Gasteiger partial charge >= 0.3 is 0 Å². The van der Waals surface area contributed by atoms with Crippen LogP contribution in [-0.4, -0.2) is 49.6 Å². The highest BCUT2D eigenvalue weighted by atomic mass is 127. The Hall–Kier alpha value is -2.49.